The molecule has 0 bridgehead atoms. The molecule has 0 unspecified atom stereocenters. The van der Waals surface area contributed by atoms with Gasteiger partial charge in [0.15, 0.2) is 0 Å². The zero-order chi connectivity index (χ0) is 12.8. The van der Waals surface area contributed by atoms with Crippen molar-refractivity contribution in [1.29, 1.82) is 0 Å². The van der Waals surface area contributed by atoms with Gasteiger partial charge < -0.3 is 14.6 Å². The minimum Gasteiger partial charge on any atom is -0.380 e. The zero-order valence-electron chi connectivity index (χ0n) is 10.9. The Hall–Kier alpha value is -1.65. The maximum Gasteiger partial charge on any atom is 0.0945 e. The molecule has 18 heavy (non-hydrogen) atoms. The summed E-state index contributed by atoms with van der Waals surface area (Å²) in [5, 5.41) is 3.40. The highest BCUT2D eigenvalue weighted by Crippen LogP contribution is 2.05. The number of nitrogens with one attached hydrogen (secondary N) is 1. The third kappa shape index (κ3) is 3.42. The summed E-state index contributed by atoms with van der Waals surface area (Å²) in [7, 11) is 3.72. The van der Waals surface area contributed by atoms with Crippen molar-refractivity contribution in [2.75, 3.05) is 7.11 Å². The second-order valence-corrected chi connectivity index (χ2v) is 4.35. The fraction of sp³-hybridized carbons (Fsp3) is 0.357. The quantitative estimate of drug-likeness (QED) is 0.844. The van der Waals surface area contributed by atoms with Gasteiger partial charge in [0.25, 0.3) is 0 Å². The van der Waals surface area contributed by atoms with Gasteiger partial charge >= 0.3 is 0 Å². The second-order valence-electron chi connectivity index (χ2n) is 4.35. The van der Waals surface area contributed by atoms with Crippen LogP contribution in [0.5, 0.6) is 0 Å². The highest BCUT2D eigenvalue weighted by Gasteiger charge is 1.98. The molecule has 0 aliphatic rings. The van der Waals surface area contributed by atoms with E-state index < -0.39 is 0 Å². The van der Waals surface area contributed by atoms with Crippen molar-refractivity contribution < 1.29 is 4.74 Å². The highest BCUT2D eigenvalue weighted by molar-refractivity contribution is 5.22. The topological polar surface area (TPSA) is 39.1 Å². The molecule has 0 aliphatic carbocycles. The molecular weight excluding hydrogens is 226 g/mol. The van der Waals surface area contributed by atoms with E-state index in [0.717, 1.165) is 13.1 Å². The minimum absolute atomic E-state index is 0.669. The molecule has 0 aliphatic heterocycles. The van der Waals surface area contributed by atoms with Crippen molar-refractivity contribution in [1.82, 2.24) is 14.9 Å². The molecule has 0 fully saturated rings. The van der Waals surface area contributed by atoms with Crippen LogP contribution in [0.15, 0.2) is 36.8 Å². The van der Waals surface area contributed by atoms with Crippen LogP contribution < -0.4 is 5.32 Å². The third-order valence-electron chi connectivity index (χ3n) is 2.89. The van der Waals surface area contributed by atoms with Gasteiger partial charge in [-0.25, -0.2) is 4.98 Å². The Morgan fingerprint density at radius 1 is 1.17 bits per heavy atom. The predicted molar refractivity (Wildman–Crippen MR) is 70.9 cm³/mol. The minimum atomic E-state index is 0.669. The first-order chi connectivity index (χ1) is 8.79. The van der Waals surface area contributed by atoms with Crippen LogP contribution in [0.25, 0.3) is 0 Å². The first kappa shape index (κ1) is 12.8. The number of aryl methyl sites for hydroxylation is 1. The van der Waals surface area contributed by atoms with Gasteiger partial charge in [0, 0.05) is 33.4 Å². The normalized spacial score (nSPS) is 10.8. The molecule has 1 aromatic heterocycles. The van der Waals surface area contributed by atoms with Crippen LogP contribution in [0.3, 0.4) is 0 Å². The van der Waals surface area contributed by atoms with Gasteiger partial charge in [0.05, 0.1) is 18.6 Å². The van der Waals surface area contributed by atoms with Crippen LogP contribution in [-0.2, 0) is 31.5 Å². The molecule has 2 aromatic rings. The molecule has 4 heteroatoms. The highest BCUT2D eigenvalue weighted by atomic mass is 16.5. The summed E-state index contributed by atoms with van der Waals surface area (Å²) in [6, 6.07) is 8.46. The molecule has 0 amide bonds. The summed E-state index contributed by atoms with van der Waals surface area (Å²) in [5.41, 5.74) is 3.66. The average molecular weight is 245 g/mol. The van der Waals surface area contributed by atoms with E-state index in [2.05, 4.69) is 34.6 Å². The van der Waals surface area contributed by atoms with Crippen molar-refractivity contribution in [2.24, 2.45) is 7.05 Å². The molecule has 0 atom stereocenters. The van der Waals surface area contributed by atoms with E-state index in [-0.39, 0.29) is 0 Å². The molecule has 0 saturated heterocycles. The number of methoxy groups -OCH3 is 1. The van der Waals surface area contributed by atoms with Gasteiger partial charge in [-0.3, -0.25) is 0 Å². The van der Waals surface area contributed by atoms with Gasteiger partial charge in [-0.05, 0) is 11.1 Å². The standard InChI is InChI=1S/C14H19N3O/c1-17-11-16-9-14(17)8-15-7-12-3-5-13(6-4-12)10-18-2/h3-6,9,11,15H,7-8,10H2,1-2H3. The lowest BCUT2D eigenvalue weighted by atomic mass is 10.1. The van der Waals surface area contributed by atoms with Crippen LogP contribution in [0, 0.1) is 0 Å². The maximum absolute atomic E-state index is 5.09. The van der Waals surface area contributed by atoms with Crippen molar-refractivity contribution in [3.05, 3.63) is 53.6 Å². The number of hydrogen-bond acceptors (Lipinski definition) is 3. The van der Waals surface area contributed by atoms with E-state index in [0.29, 0.717) is 6.61 Å². The van der Waals surface area contributed by atoms with Crippen LogP contribution >= 0.6 is 0 Å². The number of ether oxygens (including phenoxy) is 1. The van der Waals surface area contributed by atoms with E-state index in [1.807, 2.05) is 24.1 Å². The SMILES string of the molecule is COCc1ccc(CNCc2cncn2C)cc1. The molecule has 1 heterocycles. The summed E-state index contributed by atoms with van der Waals surface area (Å²) >= 11 is 0. The lowest BCUT2D eigenvalue weighted by Gasteiger charge is -2.06. The Morgan fingerprint density at radius 2 is 1.89 bits per heavy atom. The summed E-state index contributed by atoms with van der Waals surface area (Å²) < 4.78 is 7.11. The monoisotopic (exact) mass is 245 g/mol. The Labute approximate surface area is 108 Å². The van der Waals surface area contributed by atoms with Gasteiger partial charge in [-0.15, -0.1) is 0 Å². The number of rotatable bonds is 6. The Balaban J connectivity index is 1.81. The molecule has 1 N–H and O–H groups in total. The largest absolute Gasteiger partial charge is 0.380 e. The molecule has 4 nitrogen and oxygen atoms in total. The Morgan fingerprint density at radius 3 is 2.50 bits per heavy atom. The summed E-state index contributed by atoms with van der Waals surface area (Å²) in [5.74, 6) is 0. The molecular formula is C14H19N3O. The van der Waals surface area contributed by atoms with Crippen molar-refractivity contribution in [2.45, 2.75) is 19.7 Å². The number of hydrogen-bond donors (Lipinski definition) is 1. The van der Waals surface area contributed by atoms with E-state index in [9.17, 15) is 0 Å². The number of aromatic nitrogens is 2. The summed E-state index contributed by atoms with van der Waals surface area (Å²) in [6.45, 7) is 2.36. The van der Waals surface area contributed by atoms with E-state index in [4.69, 9.17) is 4.74 Å². The second kappa shape index (κ2) is 6.33. The smallest absolute Gasteiger partial charge is 0.0945 e. The van der Waals surface area contributed by atoms with Crippen LogP contribution in [-0.4, -0.2) is 16.7 Å². The van der Waals surface area contributed by atoms with E-state index >= 15 is 0 Å². The first-order valence-electron chi connectivity index (χ1n) is 6.02. The average Bonchev–Trinajstić information content (AvgIpc) is 2.78. The van der Waals surface area contributed by atoms with Gasteiger partial charge in [0.1, 0.15) is 0 Å². The lowest BCUT2D eigenvalue weighted by molar-refractivity contribution is 0.185. The molecule has 2 rings (SSSR count). The Bertz CT molecular complexity index is 476. The zero-order valence-corrected chi connectivity index (χ0v) is 10.9. The predicted octanol–water partition coefficient (Wildman–Crippen LogP) is 1.86. The number of benzene rings is 1. The lowest BCUT2D eigenvalue weighted by Crippen LogP contribution is -2.14. The van der Waals surface area contributed by atoms with E-state index in [1.54, 1.807) is 7.11 Å². The molecule has 0 spiro atoms. The molecule has 96 valence electrons. The van der Waals surface area contributed by atoms with Crippen molar-refractivity contribution in [3.63, 3.8) is 0 Å². The van der Waals surface area contributed by atoms with E-state index in [1.165, 1.54) is 16.8 Å². The van der Waals surface area contributed by atoms with Gasteiger partial charge in [0.2, 0.25) is 0 Å². The van der Waals surface area contributed by atoms with Crippen molar-refractivity contribution >= 4 is 0 Å². The number of nitrogens with zero attached hydrogens (tertiary/aromatic N) is 2. The first-order valence-corrected chi connectivity index (χ1v) is 6.02. The summed E-state index contributed by atoms with van der Waals surface area (Å²) in [6.07, 6.45) is 3.70. The molecule has 0 saturated carbocycles. The fourth-order valence-corrected chi connectivity index (χ4v) is 1.81. The molecule has 1 aromatic carbocycles. The van der Waals surface area contributed by atoms with Crippen LogP contribution in [0.2, 0.25) is 0 Å². The van der Waals surface area contributed by atoms with Crippen molar-refractivity contribution in [3.8, 4) is 0 Å². The van der Waals surface area contributed by atoms with Crippen LogP contribution in [0.4, 0.5) is 0 Å². The fourth-order valence-electron chi connectivity index (χ4n) is 1.81. The van der Waals surface area contributed by atoms with Gasteiger partial charge in [-0.2, -0.15) is 0 Å². The molecule has 0 radical (unpaired) electrons. The number of imidazole rings is 1. The van der Waals surface area contributed by atoms with Crippen LogP contribution in [0.1, 0.15) is 16.8 Å². The third-order valence-corrected chi connectivity index (χ3v) is 2.89. The summed E-state index contributed by atoms with van der Waals surface area (Å²) in [4.78, 5) is 4.09. The Kier molecular flexibility index (Phi) is 4.50. The maximum atomic E-state index is 5.09. The van der Waals surface area contributed by atoms with Gasteiger partial charge in [-0.1, -0.05) is 24.3 Å².